The van der Waals surface area contributed by atoms with E-state index < -0.39 is 5.92 Å². The van der Waals surface area contributed by atoms with E-state index in [2.05, 4.69) is 35.3 Å². The summed E-state index contributed by atoms with van der Waals surface area (Å²) in [6, 6.07) is 13.4. The number of anilines is 1. The molecule has 8 heteroatoms. The van der Waals surface area contributed by atoms with Gasteiger partial charge in [-0.15, -0.1) is 6.42 Å². The van der Waals surface area contributed by atoms with E-state index in [9.17, 15) is 9.59 Å². The summed E-state index contributed by atoms with van der Waals surface area (Å²) in [5, 5.41) is 3.42. The van der Waals surface area contributed by atoms with Crippen LogP contribution in [0.25, 0.3) is 0 Å². The molecule has 1 aromatic heterocycles. The van der Waals surface area contributed by atoms with E-state index in [-0.39, 0.29) is 24.5 Å². The maximum absolute atomic E-state index is 13.2. The van der Waals surface area contributed by atoms with Crippen LogP contribution in [0.3, 0.4) is 0 Å². The number of hydrogen-bond donors (Lipinski definition) is 1. The third kappa shape index (κ3) is 4.66. The Bertz CT molecular complexity index is 1340. The smallest absolute Gasteiger partial charge is 0.279 e. The molecule has 1 aliphatic rings. The van der Waals surface area contributed by atoms with Crippen molar-refractivity contribution in [3.05, 3.63) is 75.1 Å². The molecule has 2 heterocycles. The molecule has 174 valence electrons. The van der Waals surface area contributed by atoms with E-state index >= 15 is 0 Å². The molecule has 34 heavy (non-hydrogen) atoms. The van der Waals surface area contributed by atoms with Crippen molar-refractivity contribution in [3.63, 3.8) is 0 Å². The summed E-state index contributed by atoms with van der Waals surface area (Å²) in [6.07, 6.45) is 5.41. The van der Waals surface area contributed by atoms with Gasteiger partial charge in [-0.3, -0.25) is 9.59 Å². The number of ether oxygens (including phenoxy) is 2. The monoisotopic (exact) mass is 475 g/mol. The molecule has 0 spiro atoms. The predicted octanol–water partition coefficient (Wildman–Crippen LogP) is 3.88. The number of aromatic nitrogens is 2. The van der Waals surface area contributed by atoms with Crippen LogP contribution in [0, 0.1) is 19.3 Å². The number of nitrogens with zero attached hydrogens (tertiary/aromatic N) is 2. The number of hydrogen-bond acceptors (Lipinski definition) is 6. The molecule has 1 atom stereocenters. The zero-order valence-electron chi connectivity index (χ0n) is 19.3. The highest BCUT2D eigenvalue weighted by Gasteiger charge is 2.32. The maximum Gasteiger partial charge on any atom is 0.279 e. The number of amides is 1. The molecule has 7 nitrogen and oxygen atoms in total. The van der Waals surface area contributed by atoms with E-state index in [0.29, 0.717) is 33.8 Å². The number of benzene rings is 2. The second-order valence-electron chi connectivity index (χ2n) is 7.94. The number of methoxy groups -OCH3 is 1. The molecule has 0 radical (unpaired) electrons. The van der Waals surface area contributed by atoms with Gasteiger partial charge in [0.2, 0.25) is 5.91 Å². The van der Waals surface area contributed by atoms with Crippen molar-refractivity contribution in [2.75, 3.05) is 19.0 Å². The highest BCUT2D eigenvalue weighted by molar-refractivity contribution is 7.98. The van der Waals surface area contributed by atoms with Gasteiger partial charge in [-0.05, 0) is 35.7 Å². The molecule has 1 N–H and O–H groups in total. The van der Waals surface area contributed by atoms with Crippen molar-refractivity contribution >= 4 is 23.5 Å². The second-order valence-corrected chi connectivity index (χ2v) is 8.89. The fourth-order valence-electron chi connectivity index (χ4n) is 4.00. The van der Waals surface area contributed by atoms with Gasteiger partial charge in [0.1, 0.15) is 12.4 Å². The normalized spacial score (nSPS) is 14.6. The minimum atomic E-state index is -0.457. The van der Waals surface area contributed by atoms with Gasteiger partial charge in [0.15, 0.2) is 16.7 Å². The molecule has 0 aliphatic carbocycles. The Labute approximate surface area is 202 Å². The SMILES string of the molecule is C#CCOc1ccc(C2CC(=O)Nc3c2c(=O)nc(SCc2ccccc2C)n3C)cc1OC. The van der Waals surface area contributed by atoms with Crippen molar-refractivity contribution in [1.29, 1.82) is 0 Å². The number of carbonyl (C=O) groups excluding carboxylic acids is 1. The molecule has 0 saturated carbocycles. The van der Waals surface area contributed by atoms with Crippen LogP contribution in [0.2, 0.25) is 0 Å². The molecule has 1 amide bonds. The first kappa shape index (κ1) is 23.5. The fraction of sp³-hybridized carbons (Fsp3) is 0.269. The Balaban J connectivity index is 1.70. The van der Waals surface area contributed by atoms with Crippen LogP contribution in [0.4, 0.5) is 5.82 Å². The van der Waals surface area contributed by atoms with Crippen molar-refractivity contribution in [1.82, 2.24) is 9.55 Å². The number of carbonyl (C=O) groups is 1. The summed E-state index contributed by atoms with van der Waals surface area (Å²) >= 11 is 1.46. The van der Waals surface area contributed by atoms with Crippen LogP contribution in [0.5, 0.6) is 11.5 Å². The maximum atomic E-state index is 13.2. The predicted molar refractivity (Wildman–Crippen MR) is 133 cm³/mol. The minimum absolute atomic E-state index is 0.109. The highest BCUT2D eigenvalue weighted by Crippen LogP contribution is 2.39. The van der Waals surface area contributed by atoms with Gasteiger partial charge in [-0.2, -0.15) is 4.98 Å². The van der Waals surface area contributed by atoms with Crippen molar-refractivity contribution in [2.45, 2.75) is 30.2 Å². The van der Waals surface area contributed by atoms with Crippen LogP contribution in [-0.2, 0) is 17.6 Å². The third-order valence-electron chi connectivity index (χ3n) is 5.82. The topological polar surface area (TPSA) is 82.5 Å². The molecule has 1 aliphatic heterocycles. The number of rotatable bonds is 7. The summed E-state index contributed by atoms with van der Waals surface area (Å²) in [6.45, 7) is 2.16. The highest BCUT2D eigenvalue weighted by atomic mass is 32.2. The first-order chi connectivity index (χ1) is 16.4. The summed E-state index contributed by atoms with van der Waals surface area (Å²) in [7, 11) is 3.34. The van der Waals surface area contributed by atoms with Gasteiger partial charge >= 0.3 is 0 Å². The lowest BCUT2D eigenvalue weighted by Crippen LogP contribution is -2.33. The molecule has 1 unspecified atom stereocenters. The van der Waals surface area contributed by atoms with Gasteiger partial charge < -0.3 is 19.4 Å². The Morgan fingerprint density at radius 2 is 2.03 bits per heavy atom. The Kier molecular flexibility index (Phi) is 6.94. The van der Waals surface area contributed by atoms with Crippen LogP contribution in [0.1, 0.15) is 34.6 Å². The number of thioether (sulfide) groups is 1. The van der Waals surface area contributed by atoms with Gasteiger partial charge in [0.05, 0.1) is 12.7 Å². The largest absolute Gasteiger partial charge is 0.493 e. The van der Waals surface area contributed by atoms with Gasteiger partial charge in [0, 0.05) is 25.1 Å². The average Bonchev–Trinajstić information content (AvgIpc) is 2.84. The standard InChI is InChI=1S/C26H25N3O4S/c1-5-12-33-20-11-10-17(13-21(20)32-4)19-14-22(30)27-24-23(19)25(31)28-26(29(24)3)34-15-18-9-7-6-8-16(18)2/h1,6-11,13,19H,12,14-15H2,2-4H3,(H,27,30). The summed E-state index contributed by atoms with van der Waals surface area (Å²) in [5.74, 6) is 3.92. The number of nitrogens with one attached hydrogen (secondary N) is 1. The molecule has 3 aromatic rings. The zero-order valence-corrected chi connectivity index (χ0v) is 20.1. The first-order valence-electron chi connectivity index (χ1n) is 10.7. The van der Waals surface area contributed by atoms with E-state index in [0.717, 1.165) is 5.56 Å². The average molecular weight is 476 g/mol. The summed E-state index contributed by atoms with van der Waals surface area (Å²) < 4.78 is 12.8. The lowest BCUT2D eigenvalue weighted by atomic mass is 9.86. The van der Waals surface area contributed by atoms with Gasteiger partial charge in [-0.1, -0.05) is 48.0 Å². The Morgan fingerprint density at radius 1 is 1.24 bits per heavy atom. The zero-order chi connectivity index (χ0) is 24.2. The fourth-order valence-corrected chi connectivity index (χ4v) is 5.04. The van der Waals surface area contributed by atoms with E-state index in [1.807, 2.05) is 25.2 Å². The van der Waals surface area contributed by atoms with Crippen LogP contribution in [0.15, 0.2) is 52.4 Å². The van der Waals surface area contributed by atoms with Gasteiger partial charge in [0.25, 0.3) is 5.56 Å². The number of terminal acetylenes is 1. The second kappa shape index (κ2) is 10.1. The molecule has 0 bridgehead atoms. The van der Waals surface area contributed by atoms with E-state index in [1.165, 1.54) is 30.0 Å². The molecule has 0 saturated heterocycles. The molecule has 2 aromatic carbocycles. The number of fused-ring (bicyclic) bond motifs is 1. The van der Waals surface area contributed by atoms with Crippen LogP contribution < -0.4 is 20.3 Å². The summed E-state index contributed by atoms with van der Waals surface area (Å²) in [5.41, 5.74) is 3.22. The van der Waals surface area contributed by atoms with Crippen molar-refractivity contribution < 1.29 is 14.3 Å². The van der Waals surface area contributed by atoms with Gasteiger partial charge in [-0.25, -0.2) is 0 Å². The third-order valence-corrected chi connectivity index (χ3v) is 6.90. The van der Waals surface area contributed by atoms with E-state index in [4.69, 9.17) is 15.9 Å². The lowest BCUT2D eigenvalue weighted by molar-refractivity contribution is -0.116. The molecular weight excluding hydrogens is 450 g/mol. The minimum Gasteiger partial charge on any atom is -0.493 e. The van der Waals surface area contributed by atoms with E-state index in [1.54, 1.807) is 16.7 Å². The lowest BCUT2D eigenvalue weighted by Gasteiger charge is -2.28. The van der Waals surface area contributed by atoms with Crippen LogP contribution in [-0.4, -0.2) is 29.2 Å². The van der Waals surface area contributed by atoms with Crippen molar-refractivity contribution in [2.24, 2.45) is 7.05 Å². The quantitative estimate of drug-likeness (QED) is 0.317. The Morgan fingerprint density at radius 3 is 2.76 bits per heavy atom. The first-order valence-corrected chi connectivity index (χ1v) is 11.7. The Hall–Kier alpha value is -3.70. The molecule has 4 rings (SSSR count). The molecule has 0 fully saturated rings. The molecular formula is C26H25N3O4S. The summed E-state index contributed by atoms with van der Waals surface area (Å²) in [4.78, 5) is 30.2. The number of aryl methyl sites for hydroxylation is 1. The van der Waals surface area contributed by atoms with Crippen molar-refractivity contribution in [3.8, 4) is 23.8 Å². The van der Waals surface area contributed by atoms with Crippen LogP contribution >= 0.6 is 11.8 Å².